The second-order valence-electron chi connectivity index (χ2n) is 25.4. The predicted molar refractivity (Wildman–Crippen MR) is 349 cm³/mol. The summed E-state index contributed by atoms with van der Waals surface area (Å²) in [6.45, 7) is 25.2. The topological polar surface area (TPSA) is 253 Å². The molecule has 0 radical (unpaired) electrons. The average molecular weight is 1400 g/mol. The first kappa shape index (κ1) is 77.3. The van der Waals surface area contributed by atoms with Crippen molar-refractivity contribution >= 4 is 113 Å². The molecule has 3 atom stereocenters. The van der Waals surface area contributed by atoms with E-state index in [4.69, 9.17) is 43.0 Å². The molecule has 1 saturated heterocycles. The van der Waals surface area contributed by atoms with Gasteiger partial charge in [-0.2, -0.15) is 13.2 Å². The van der Waals surface area contributed by atoms with Crippen molar-refractivity contribution in [1.82, 2.24) is 19.9 Å². The number of halogens is 10. The van der Waals surface area contributed by atoms with Gasteiger partial charge in [-0.15, -0.1) is 0 Å². The minimum atomic E-state index is -4.64. The van der Waals surface area contributed by atoms with E-state index in [2.05, 4.69) is 34.9 Å². The molecule has 2 aromatic heterocycles. The molecule has 0 spiro atoms. The van der Waals surface area contributed by atoms with E-state index in [-0.39, 0.29) is 63.2 Å². The van der Waals surface area contributed by atoms with Crippen molar-refractivity contribution in [3.05, 3.63) is 146 Å². The van der Waals surface area contributed by atoms with Crippen LogP contribution < -0.4 is 11.2 Å². The summed E-state index contributed by atoms with van der Waals surface area (Å²) in [5.74, 6) is -4.29. The third-order valence-electron chi connectivity index (χ3n) is 17.0. The van der Waals surface area contributed by atoms with Crippen molar-refractivity contribution in [3.63, 3.8) is 0 Å². The van der Waals surface area contributed by atoms with Gasteiger partial charge in [-0.3, -0.25) is 19.8 Å². The van der Waals surface area contributed by atoms with E-state index in [0.29, 0.717) is 28.0 Å². The Labute approximate surface area is 547 Å². The SMILES string of the molecule is C.CC1(C)C(N)=N[C@](C)(c2cc(/C=C(\F)c3cnc(Cl)cn3)ccc2F)CS1(=O)=O.CC1=N[C@](C)(c2cc(/C=C(\F)c3cnc(Cl)cn3)ccc2F)CS(=O)(=O)C1(C)C.CC1=N[C@](C)(c2cc(B3OC(C)(C)C(C)(C)O3)ccc2F)CS(=O)(=O)C1(C)C.O=CC(F)(F)F. The summed E-state index contributed by atoms with van der Waals surface area (Å²) in [6, 6.07) is 12.4. The number of nitrogens with two attached hydrogens (primary N) is 1. The van der Waals surface area contributed by atoms with Crippen LogP contribution in [-0.2, 0) is 60.2 Å². The lowest BCUT2D eigenvalue weighted by molar-refractivity contribution is -0.156. The second-order valence-corrected chi connectivity index (χ2v) is 33.8. The van der Waals surface area contributed by atoms with Gasteiger partial charge < -0.3 is 15.0 Å². The van der Waals surface area contributed by atoms with Gasteiger partial charge in [0.1, 0.15) is 64.8 Å². The van der Waals surface area contributed by atoms with Crippen LogP contribution in [0, 0.1) is 17.5 Å². The van der Waals surface area contributed by atoms with Crippen LogP contribution in [0.4, 0.5) is 35.1 Å². The Morgan fingerprint density at radius 1 is 0.538 bits per heavy atom. The lowest BCUT2D eigenvalue weighted by Gasteiger charge is -2.38. The molecule has 31 heteroatoms. The Balaban J connectivity index is 0.000000241. The molecule has 17 nitrogen and oxygen atoms in total. The zero-order valence-corrected chi connectivity index (χ0v) is 56.8. The average Bonchev–Trinajstić information content (AvgIpc) is 1.31. The first-order valence-corrected chi connectivity index (χ1v) is 33.7. The number of benzene rings is 3. The molecule has 0 unspecified atom stereocenters. The number of aliphatic imine (C=N–C) groups is 3. The maximum absolute atomic E-state index is 14.8. The van der Waals surface area contributed by atoms with Gasteiger partial charge in [0, 0.05) is 28.1 Å². The largest absolute Gasteiger partial charge is 0.494 e. The van der Waals surface area contributed by atoms with Crippen LogP contribution in [0.5, 0.6) is 0 Å². The molecule has 3 aromatic carbocycles. The summed E-state index contributed by atoms with van der Waals surface area (Å²) >= 11 is 11.3. The third kappa shape index (κ3) is 16.5. The van der Waals surface area contributed by atoms with Crippen LogP contribution in [-0.4, -0.2) is 125 Å². The number of rotatable bonds is 8. The Morgan fingerprint density at radius 3 is 1.17 bits per heavy atom. The second kappa shape index (κ2) is 27.0. The Morgan fingerprint density at radius 2 is 0.860 bits per heavy atom. The molecule has 0 bridgehead atoms. The first-order valence-electron chi connectivity index (χ1n) is 28.0. The summed E-state index contributed by atoms with van der Waals surface area (Å²) in [4.78, 5) is 37.4. The van der Waals surface area contributed by atoms with E-state index in [0.717, 1.165) is 12.1 Å². The van der Waals surface area contributed by atoms with Crippen LogP contribution in [0.2, 0.25) is 10.3 Å². The van der Waals surface area contributed by atoms with Crippen molar-refractivity contribution in [3.8, 4) is 0 Å². The number of sulfone groups is 3. The van der Waals surface area contributed by atoms with E-state index < -0.39 is 126 Å². The van der Waals surface area contributed by atoms with E-state index in [1.165, 1.54) is 88.0 Å². The molecular weight excluding hydrogens is 1330 g/mol. The number of carbonyl (C=O) groups excluding carboxylic acids is 1. The van der Waals surface area contributed by atoms with Gasteiger partial charge in [-0.1, -0.05) is 54.9 Å². The van der Waals surface area contributed by atoms with Crippen molar-refractivity contribution in [2.75, 3.05) is 17.3 Å². The fraction of sp³-hybridized carbons (Fsp3) is 0.452. The number of nitrogens with zero attached hydrogens (tertiary/aromatic N) is 7. The van der Waals surface area contributed by atoms with E-state index >= 15 is 0 Å². The van der Waals surface area contributed by atoms with E-state index in [1.807, 2.05) is 27.7 Å². The van der Waals surface area contributed by atoms with Gasteiger partial charge in [0.25, 0.3) is 0 Å². The number of hydrogen-bond donors (Lipinski definition) is 1. The maximum Gasteiger partial charge on any atom is 0.494 e. The molecule has 4 aliphatic heterocycles. The Bertz CT molecular complexity index is 4020. The highest BCUT2D eigenvalue weighted by molar-refractivity contribution is 7.94. The number of hydrogen-bond acceptors (Lipinski definition) is 17. The van der Waals surface area contributed by atoms with Crippen LogP contribution >= 0.6 is 23.2 Å². The van der Waals surface area contributed by atoms with Gasteiger partial charge in [0.15, 0.2) is 41.2 Å². The summed E-state index contributed by atoms with van der Waals surface area (Å²) < 4.78 is 190. The summed E-state index contributed by atoms with van der Waals surface area (Å²) in [6.07, 6.45) is 1.37. The molecular formula is C62H73BCl2F8N8O9S3. The molecule has 506 valence electrons. The maximum atomic E-state index is 14.8. The standard InChI is InChI=1S/C20H29BFNO4S.C20H20ClF2N3O2S.C19H19ClF2N4O2S.C2HF3O.CH4/c1-13-17(2,3)28(24,25)12-20(8,23-13)15-11-14(9-10-16(15)22)21-26-18(4,5)19(6,7)27-21;1-12-19(2,3)29(27,28)11-20(4,26-12)14-7-13(5-6-15(14)22)8-16(23)17-9-25-18(21)10-24-17;1-18(2)17(23)26-19(3,10-29(18,27)28)12-6-11(4-5-13(12)21)7-14(22)15-8-25-16(20)9-24-15;3-2(4,5)1-6;/h9-11H,12H2,1-8H3;5-10H,11H2,1-4H3;4-9H,10H2,1-3H3,(H2,23,26);1H;1H4/b;16-8-;14-7-;;/t2*20-;19-;;/m000../s1. The van der Waals surface area contributed by atoms with Crippen molar-refractivity contribution in [2.24, 2.45) is 20.7 Å². The van der Waals surface area contributed by atoms with Crippen molar-refractivity contribution in [1.29, 1.82) is 0 Å². The fourth-order valence-corrected chi connectivity index (χ4v) is 15.2. The van der Waals surface area contributed by atoms with Crippen molar-refractivity contribution in [2.45, 2.75) is 160 Å². The molecule has 6 heterocycles. The van der Waals surface area contributed by atoms with Gasteiger partial charge >= 0.3 is 13.3 Å². The minimum absolute atomic E-state index is 0. The quantitative estimate of drug-likeness (QED) is 0.0862. The molecule has 9 rings (SSSR count). The van der Waals surface area contributed by atoms with Crippen LogP contribution in [0.3, 0.4) is 0 Å². The van der Waals surface area contributed by atoms with Gasteiger partial charge in [0.05, 0.1) is 64.3 Å². The molecule has 1 fully saturated rings. The van der Waals surface area contributed by atoms with Gasteiger partial charge in [-0.05, 0) is 163 Å². The highest BCUT2D eigenvalue weighted by Gasteiger charge is 2.54. The molecule has 4 aliphatic rings. The Hall–Kier alpha value is -6.37. The molecule has 5 aromatic rings. The lowest BCUT2D eigenvalue weighted by Crippen LogP contribution is -2.55. The number of alkyl halides is 3. The van der Waals surface area contributed by atoms with E-state index in [9.17, 15) is 60.4 Å². The molecule has 93 heavy (non-hydrogen) atoms. The minimum Gasteiger partial charge on any atom is -0.399 e. The molecule has 0 aliphatic carbocycles. The smallest absolute Gasteiger partial charge is 0.399 e. The molecule has 2 N–H and O–H groups in total. The zero-order valence-electron chi connectivity index (χ0n) is 52.8. The number of aldehydes is 1. The predicted octanol–water partition coefficient (Wildman–Crippen LogP) is 12.5. The van der Waals surface area contributed by atoms with Crippen molar-refractivity contribution < 1.29 is 74.5 Å². The van der Waals surface area contributed by atoms with Crippen LogP contribution in [0.15, 0.2) is 94.4 Å². The van der Waals surface area contributed by atoms with E-state index in [1.54, 1.807) is 67.5 Å². The molecule has 0 saturated carbocycles. The lowest BCUT2D eigenvalue weighted by atomic mass is 9.76. The van der Waals surface area contributed by atoms with Crippen LogP contribution in [0.25, 0.3) is 23.8 Å². The fourth-order valence-electron chi connectivity index (χ4n) is 9.67. The first-order chi connectivity index (χ1) is 41.8. The monoisotopic (exact) mass is 1400 g/mol. The number of aromatic nitrogens is 4. The summed E-state index contributed by atoms with van der Waals surface area (Å²) in [7, 11) is -11.5. The normalized spacial score (nSPS) is 24.5. The number of amidine groups is 1. The van der Waals surface area contributed by atoms with Gasteiger partial charge in [-0.25, -0.2) is 67.1 Å². The molecule has 0 amide bonds. The summed E-state index contributed by atoms with van der Waals surface area (Å²) in [5, 5.41) is 0.253. The zero-order chi connectivity index (χ0) is 69.8. The van der Waals surface area contributed by atoms with Crippen LogP contribution in [0.1, 0.15) is 150 Å². The number of carbonyl (C=O) groups is 1. The third-order valence-corrected chi connectivity index (χ3v) is 25.7. The van der Waals surface area contributed by atoms with Gasteiger partial charge in [0.2, 0.25) is 6.29 Å². The highest BCUT2D eigenvalue weighted by atomic mass is 35.5. The Kier molecular flexibility index (Phi) is 22.5. The summed E-state index contributed by atoms with van der Waals surface area (Å²) in [5.41, 5.74) is 3.30. The highest BCUT2D eigenvalue weighted by Crippen LogP contribution is 2.43.